The highest BCUT2D eigenvalue weighted by Gasteiger charge is 2.34. The molecule has 5 rings (SSSR count). The molecule has 0 saturated heterocycles. The minimum atomic E-state index is -4.51. The van der Waals surface area contributed by atoms with Crippen LogP contribution in [0, 0.1) is 0 Å². The lowest BCUT2D eigenvalue weighted by Gasteiger charge is -2.21. The summed E-state index contributed by atoms with van der Waals surface area (Å²) in [6.45, 7) is 3.25. The number of benzene rings is 2. The summed E-state index contributed by atoms with van der Waals surface area (Å²) in [6.07, 6.45) is -3.15. The number of aromatic nitrogens is 2. The van der Waals surface area contributed by atoms with Gasteiger partial charge in [-0.05, 0) is 18.1 Å². The quantitative estimate of drug-likeness (QED) is 0.579. The third-order valence-corrected chi connectivity index (χ3v) is 5.91. The van der Waals surface area contributed by atoms with Crippen LogP contribution in [0.3, 0.4) is 0 Å². The summed E-state index contributed by atoms with van der Waals surface area (Å²) in [6, 6.07) is 15.1. The van der Waals surface area contributed by atoms with E-state index in [-0.39, 0.29) is 17.4 Å². The van der Waals surface area contributed by atoms with Crippen LogP contribution in [-0.4, -0.2) is 34.2 Å². The number of halogens is 3. The van der Waals surface area contributed by atoms with E-state index in [9.17, 15) is 13.2 Å². The maximum Gasteiger partial charge on any atom is 0.417 e. The van der Waals surface area contributed by atoms with E-state index in [0.29, 0.717) is 31.3 Å². The molecule has 6 nitrogen and oxygen atoms in total. The molecule has 3 aromatic rings. The molecule has 0 fully saturated rings. The Bertz CT molecular complexity index is 1270. The molecule has 0 radical (unpaired) electrons. The summed E-state index contributed by atoms with van der Waals surface area (Å²) in [5, 5.41) is 6.47. The molecule has 2 N–H and O–H groups in total. The Balaban J connectivity index is 1.56. The molecule has 174 valence electrons. The Hall–Kier alpha value is -3.59. The minimum absolute atomic E-state index is 0.0361. The Kier molecular flexibility index (Phi) is 5.87. The molecule has 0 amide bonds. The first kappa shape index (κ1) is 22.2. The van der Waals surface area contributed by atoms with Crippen molar-refractivity contribution in [3.05, 3.63) is 77.0 Å². The first-order chi connectivity index (χ1) is 16.4. The lowest BCUT2D eigenvalue weighted by atomic mass is 10.0. The van der Waals surface area contributed by atoms with Gasteiger partial charge in [0.1, 0.15) is 5.82 Å². The van der Waals surface area contributed by atoms with Crippen LogP contribution in [0.2, 0.25) is 0 Å². The molecule has 0 aliphatic carbocycles. The zero-order chi connectivity index (χ0) is 23.7. The van der Waals surface area contributed by atoms with Gasteiger partial charge in [-0.15, -0.1) is 0 Å². The van der Waals surface area contributed by atoms with Gasteiger partial charge in [-0.25, -0.2) is 20.0 Å². The lowest BCUT2D eigenvalue weighted by Crippen LogP contribution is -2.27. The number of guanidine groups is 1. The number of rotatable bonds is 4. The molecule has 3 heterocycles. The summed E-state index contributed by atoms with van der Waals surface area (Å²) < 4.78 is 41.0. The second-order valence-electron chi connectivity index (χ2n) is 8.16. The molecule has 0 bridgehead atoms. The summed E-state index contributed by atoms with van der Waals surface area (Å²) in [7, 11) is 0. The van der Waals surface area contributed by atoms with Crippen molar-refractivity contribution >= 4 is 17.5 Å². The number of aliphatic imine (C=N–C) groups is 2. The van der Waals surface area contributed by atoms with Gasteiger partial charge in [0, 0.05) is 30.6 Å². The Morgan fingerprint density at radius 1 is 1.03 bits per heavy atom. The number of anilines is 1. The van der Waals surface area contributed by atoms with Gasteiger partial charge in [0.2, 0.25) is 5.96 Å². The molecule has 1 atom stereocenters. The topological polar surface area (TPSA) is 74.6 Å². The van der Waals surface area contributed by atoms with E-state index in [0.717, 1.165) is 35.0 Å². The van der Waals surface area contributed by atoms with Gasteiger partial charge >= 0.3 is 6.18 Å². The first-order valence-electron chi connectivity index (χ1n) is 11.2. The summed E-state index contributed by atoms with van der Waals surface area (Å²) in [4.78, 5) is 18.5. The predicted octanol–water partition coefficient (Wildman–Crippen LogP) is 4.86. The highest BCUT2D eigenvalue weighted by atomic mass is 19.4. The maximum atomic E-state index is 13.7. The molecule has 2 aromatic carbocycles. The fraction of sp³-hybridized carbons (Fsp3) is 0.280. The van der Waals surface area contributed by atoms with E-state index in [1.165, 1.54) is 12.1 Å². The third-order valence-electron chi connectivity index (χ3n) is 5.91. The molecular weight excluding hydrogens is 441 g/mol. The average Bonchev–Trinajstić information content (AvgIpc) is 3.27. The Labute approximate surface area is 195 Å². The molecule has 1 aromatic heterocycles. The largest absolute Gasteiger partial charge is 0.417 e. The SMILES string of the molecule is CCC1N=C(Nc2nc(-c3ccccc3C(F)(F)F)nc3c2CNCC3)N=C1c1ccccc1. The molecule has 34 heavy (non-hydrogen) atoms. The van der Waals surface area contributed by atoms with Crippen molar-refractivity contribution in [1.29, 1.82) is 0 Å². The van der Waals surface area contributed by atoms with Crippen LogP contribution >= 0.6 is 0 Å². The fourth-order valence-corrected chi connectivity index (χ4v) is 4.24. The lowest BCUT2D eigenvalue weighted by molar-refractivity contribution is -0.137. The van der Waals surface area contributed by atoms with Crippen molar-refractivity contribution in [2.75, 3.05) is 11.9 Å². The van der Waals surface area contributed by atoms with Gasteiger partial charge in [0.05, 0.1) is 23.0 Å². The normalized spacial score (nSPS) is 17.7. The minimum Gasteiger partial charge on any atom is -0.312 e. The summed E-state index contributed by atoms with van der Waals surface area (Å²) in [5.41, 5.74) is 2.58. The van der Waals surface area contributed by atoms with Crippen molar-refractivity contribution in [2.24, 2.45) is 9.98 Å². The second kappa shape index (κ2) is 8.98. The maximum absolute atomic E-state index is 13.7. The van der Waals surface area contributed by atoms with Crippen LogP contribution in [0.4, 0.5) is 19.0 Å². The van der Waals surface area contributed by atoms with Crippen LogP contribution in [0.5, 0.6) is 0 Å². The number of fused-ring (bicyclic) bond motifs is 1. The zero-order valence-electron chi connectivity index (χ0n) is 18.5. The number of hydrogen-bond donors (Lipinski definition) is 2. The Morgan fingerprint density at radius 3 is 2.56 bits per heavy atom. The van der Waals surface area contributed by atoms with Crippen LogP contribution in [0.15, 0.2) is 64.6 Å². The van der Waals surface area contributed by atoms with E-state index in [4.69, 9.17) is 9.98 Å². The van der Waals surface area contributed by atoms with Crippen molar-refractivity contribution in [3.8, 4) is 11.4 Å². The summed E-state index contributed by atoms with van der Waals surface area (Å²) >= 11 is 0. The van der Waals surface area contributed by atoms with Crippen molar-refractivity contribution in [3.63, 3.8) is 0 Å². The average molecular weight is 464 g/mol. The predicted molar refractivity (Wildman–Crippen MR) is 126 cm³/mol. The van der Waals surface area contributed by atoms with E-state index < -0.39 is 11.7 Å². The highest BCUT2D eigenvalue weighted by Crippen LogP contribution is 2.37. The van der Waals surface area contributed by atoms with E-state index in [2.05, 4.69) is 20.6 Å². The monoisotopic (exact) mass is 464 g/mol. The molecule has 9 heteroatoms. The van der Waals surface area contributed by atoms with Crippen LogP contribution in [0.25, 0.3) is 11.4 Å². The number of alkyl halides is 3. The van der Waals surface area contributed by atoms with Crippen LogP contribution in [0.1, 0.15) is 35.7 Å². The van der Waals surface area contributed by atoms with E-state index >= 15 is 0 Å². The molecule has 0 saturated carbocycles. The van der Waals surface area contributed by atoms with Gasteiger partial charge in [0.25, 0.3) is 0 Å². The van der Waals surface area contributed by atoms with E-state index in [1.807, 2.05) is 37.3 Å². The third kappa shape index (κ3) is 4.31. The molecule has 1 unspecified atom stereocenters. The van der Waals surface area contributed by atoms with Gasteiger partial charge in [-0.1, -0.05) is 55.5 Å². The number of nitrogens with one attached hydrogen (secondary N) is 2. The zero-order valence-corrected chi connectivity index (χ0v) is 18.5. The van der Waals surface area contributed by atoms with Crippen molar-refractivity contribution in [1.82, 2.24) is 15.3 Å². The van der Waals surface area contributed by atoms with Crippen molar-refractivity contribution < 1.29 is 13.2 Å². The highest BCUT2D eigenvalue weighted by molar-refractivity contribution is 6.16. The Morgan fingerprint density at radius 2 is 1.79 bits per heavy atom. The molecular formula is C25H23F3N6. The molecule has 2 aliphatic rings. The van der Waals surface area contributed by atoms with Crippen LogP contribution in [-0.2, 0) is 19.1 Å². The first-order valence-corrected chi connectivity index (χ1v) is 11.2. The number of nitrogens with zero attached hydrogens (tertiary/aromatic N) is 4. The fourth-order valence-electron chi connectivity index (χ4n) is 4.24. The smallest absolute Gasteiger partial charge is 0.312 e. The second-order valence-corrected chi connectivity index (χ2v) is 8.16. The van der Waals surface area contributed by atoms with Gasteiger partial charge < -0.3 is 10.6 Å². The van der Waals surface area contributed by atoms with Gasteiger partial charge in [-0.2, -0.15) is 13.2 Å². The molecule has 0 spiro atoms. The van der Waals surface area contributed by atoms with Gasteiger partial charge in [0.15, 0.2) is 5.82 Å². The number of hydrogen-bond acceptors (Lipinski definition) is 6. The summed E-state index contributed by atoms with van der Waals surface area (Å²) in [5.74, 6) is 0.858. The van der Waals surface area contributed by atoms with Crippen molar-refractivity contribution in [2.45, 2.75) is 38.5 Å². The standard InChI is InChI=1S/C25H23F3N6/c1-2-19-21(15-8-4-3-5-9-15)32-24(31-19)34-23-17-14-29-13-12-20(17)30-22(33-23)16-10-6-7-11-18(16)25(26,27)28/h3-11,19,29H,2,12-14H2,1H3,(H,30,31,33,34). The van der Waals surface area contributed by atoms with Gasteiger partial charge in [-0.3, -0.25) is 0 Å². The van der Waals surface area contributed by atoms with E-state index in [1.54, 1.807) is 6.07 Å². The molecule has 2 aliphatic heterocycles. The van der Waals surface area contributed by atoms with Crippen LogP contribution < -0.4 is 10.6 Å².